The van der Waals surface area contributed by atoms with Gasteiger partial charge < -0.3 is 4.74 Å². The number of hydrogen-bond acceptors (Lipinski definition) is 2. The standard InChI is InChI=1S/C23H38O2/c1-15(24)19-10-11-20-18-9-8-16-6-5-7-17(14-25-4)23(16,3)21(18)12-13-22(19,20)2/h16-21H,5-14H2,1-4H3/t16-,17?,18-,19+,20-,21-,22+,23+/m0/s1. The average Bonchev–Trinajstić information content (AvgIpc) is 2.93. The Labute approximate surface area is 154 Å². The van der Waals surface area contributed by atoms with E-state index in [2.05, 4.69) is 13.8 Å². The van der Waals surface area contributed by atoms with E-state index < -0.39 is 0 Å². The molecule has 4 saturated carbocycles. The summed E-state index contributed by atoms with van der Waals surface area (Å²) in [7, 11) is 1.89. The third-order valence-corrected chi connectivity index (χ3v) is 9.81. The van der Waals surface area contributed by atoms with E-state index in [-0.39, 0.29) is 0 Å². The zero-order chi connectivity index (χ0) is 17.8. The monoisotopic (exact) mass is 346 g/mol. The minimum atomic E-state index is 0.293. The minimum Gasteiger partial charge on any atom is -0.384 e. The molecule has 0 spiro atoms. The van der Waals surface area contributed by atoms with Crippen LogP contribution in [0.25, 0.3) is 0 Å². The molecule has 1 unspecified atom stereocenters. The third-order valence-electron chi connectivity index (χ3n) is 9.81. The highest BCUT2D eigenvalue weighted by atomic mass is 16.5. The second-order valence-corrected chi connectivity index (χ2v) is 10.4. The van der Waals surface area contributed by atoms with Crippen molar-refractivity contribution in [3.05, 3.63) is 0 Å². The number of ether oxygens (including phenoxy) is 1. The molecule has 2 nitrogen and oxygen atoms in total. The Morgan fingerprint density at radius 3 is 2.52 bits per heavy atom. The number of Topliss-reactive ketones (excluding diaryl/α,β-unsaturated/α-hetero) is 1. The third kappa shape index (κ3) is 2.49. The zero-order valence-electron chi connectivity index (χ0n) is 16.9. The molecular formula is C23H38O2. The van der Waals surface area contributed by atoms with Gasteiger partial charge in [0.1, 0.15) is 5.78 Å². The van der Waals surface area contributed by atoms with Gasteiger partial charge in [0.2, 0.25) is 0 Å². The van der Waals surface area contributed by atoms with E-state index in [4.69, 9.17) is 4.74 Å². The number of carbonyl (C=O) groups excluding carboxylic acids is 1. The highest BCUT2D eigenvalue weighted by molar-refractivity contribution is 5.79. The van der Waals surface area contributed by atoms with Crippen molar-refractivity contribution in [3.63, 3.8) is 0 Å². The van der Waals surface area contributed by atoms with Crippen molar-refractivity contribution in [1.29, 1.82) is 0 Å². The van der Waals surface area contributed by atoms with Crippen molar-refractivity contribution < 1.29 is 9.53 Å². The van der Waals surface area contributed by atoms with Gasteiger partial charge in [0.25, 0.3) is 0 Å². The molecule has 4 aliphatic rings. The number of methoxy groups -OCH3 is 1. The molecule has 0 heterocycles. The predicted molar refractivity (Wildman–Crippen MR) is 101 cm³/mol. The maximum atomic E-state index is 12.3. The summed E-state index contributed by atoms with van der Waals surface area (Å²) in [5, 5.41) is 0. The molecule has 0 bridgehead atoms. The van der Waals surface area contributed by atoms with E-state index in [0.717, 1.165) is 42.6 Å². The summed E-state index contributed by atoms with van der Waals surface area (Å²) in [6.07, 6.45) is 12.2. The van der Waals surface area contributed by atoms with E-state index in [9.17, 15) is 4.79 Å². The lowest BCUT2D eigenvalue weighted by atomic mass is 9.42. The lowest BCUT2D eigenvalue weighted by molar-refractivity contribution is -0.151. The van der Waals surface area contributed by atoms with Crippen LogP contribution in [0.15, 0.2) is 0 Å². The number of hydrogen-bond donors (Lipinski definition) is 0. The summed E-state index contributed by atoms with van der Waals surface area (Å²) < 4.78 is 5.69. The minimum absolute atomic E-state index is 0.293. The van der Waals surface area contributed by atoms with Crippen LogP contribution >= 0.6 is 0 Å². The van der Waals surface area contributed by atoms with Crippen LogP contribution in [0.4, 0.5) is 0 Å². The van der Waals surface area contributed by atoms with Crippen LogP contribution in [0, 0.1) is 46.3 Å². The van der Waals surface area contributed by atoms with E-state index in [1.165, 1.54) is 51.4 Å². The molecule has 0 aromatic rings. The number of rotatable bonds is 3. The normalized spacial score (nSPS) is 52.2. The Morgan fingerprint density at radius 2 is 1.80 bits per heavy atom. The fourth-order valence-corrected chi connectivity index (χ4v) is 8.61. The Balaban J connectivity index is 1.64. The van der Waals surface area contributed by atoms with Crippen LogP contribution < -0.4 is 0 Å². The second kappa shape index (κ2) is 6.36. The molecule has 2 heteroatoms. The topological polar surface area (TPSA) is 26.3 Å². The molecule has 8 atom stereocenters. The van der Waals surface area contributed by atoms with Crippen LogP contribution in [-0.4, -0.2) is 19.5 Å². The Morgan fingerprint density at radius 1 is 1.00 bits per heavy atom. The van der Waals surface area contributed by atoms with Gasteiger partial charge >= 0.3 is 0 Å². The molecule has 0 radical (unpaired) electrons. The highest BCUT2D eigenvalue weighted by Gasteiger charge is 2.62. The first-order valence-electron chi connectivity index (χ1n) is 10.9. The fraction of sp³-hybridized carbons (Fsp3) is 0.957. The van der Waals surface area contributed by atoms with Gasteiger partial charge in [-0.25, -0.2) is 0 Å². The zero-order valence-corrected chi connectivity index (χ0v) is 16.9. The van der Waals surface area contributed by atoms with E-state index in [1.807, 2.05) is 14.0 Å². The first kappa shape index (κ1) is 18.0. The molecule has 0 saturated heterocycles. The Bertz CT molecular complexity index is 526. The van der Waals surface area contributed by atoms with Gasteiger partial charge in [0.05, 0.1) is 0 Å². The molecule has 4 aliphatic carbocycles. The molecule has 0 aromatic carbocycles. The van der Waals surface area contributed by atoms with Gasteiger partial charge in [0.15, 0.2) is 0 Å². The average molecular weight is 347 g/mol. The molecule has 4 fully saturated rings. The van der Waals surface area contributed by atoms with Crippen LogP contribution in [0.5, 0.6) is 0 Å². The van der Waals surface area contributed by atoms with Crippen molar-refractivity contribution in [2.24, 2.45) is 46.3 Å². The van der Waals surface area contributed by atoms with Crippen LogP contribution in [0.1, 0.15) is 78.6 Å². The van der Waals surface area contributed by atoms with Gasteiger partial charge in [-0.1, -0.05) is 20.3 Å². The highest BCUT2D eigenvalue weighted by Crippen LogP contribution is 2.68. The lowest BCUT2D eigenvalue weighted by Crippen LogP contribution is -2.56. The number of carbonyl (C=O) groups is 1. The fourth-order valence-electron chi connectivity index (χ4n) is 8.61. The predicted octanol–water partition coefficient (Wildman–Crippen LogP) is 5.50. The molecule has 0 amide bonds. The summed E-state index contributed by atoms with van der Waals surface area (Å²) in [6, 6.07) is 0. The van der Waals surface area contributed by atoms with Crippen molar-refractivity contribution in [2.75, 3.05) is 13.7 Å². The van der Waals surface area contributed by atoms with Crippen molar-refractivity contribution in [1.82, 2.24) is 0 Å². The first-order valence-corrected chi connectivity index (χ1v) is 10.9. The van der Waals surface area contributed by atoms with E-state index in [1.54, 1.807) is 0 Å². The van der Waals surface area contributed by atoms with Crippen LogP contribution in [0.2, 0.25) is 0 Å². The van der Waals surface area contributed by atoms with E-state index in [0.29, 0.717) is 22.5 Å². The maximum Gasteiger partial charge on any atom is 0.133 e. The molecular weight excluding hydrogens is 308 g/mol. The van der Waals surface area contributed by atoms with Crippen molar-refractivity contribution in [3.8, 4) is 0 Å². The Hall–Kier alpha value is -0.370. The smallest absolute Gasteiger partial charge is 0.133 e. The summed E-state index contributed by atoms with van der Waals surface area (Å²) in [5.74, 6) is 4.99. The summed E-state index contributed by atoms with van der Waals surface area (Å²) >= 11 is 0. The van der Waals surface area contributed by atoms with Crippen LogP contribution in [0.3, 0.4) is 0 Å². The quantitative estimate of drug-likeness (QED) is 0.675. The summed E-state index contributed by atoms with van der Waals surface area (Å²) in [6.45, 7) is 7.90. The van der Waals surface area contributed by atoms with Gasteiger partial charge in [-0.15, -0.1) is 0 Å². The molecule has 25 heavy (non-hydrogen) atoms. The maximum absolute atomic E-state index is 12.3. The van der Waals surface area contributed by atoms with Gasteiger partial charge in [-0.3, -0.25) is 4.79 Å². The van der Waals surface area contributed by atoms with Gasteiger partial charge in [-0.2, -0.15) is 0 Å². The molecule has 0 N–H and O–H groups in total. The summed E-state index contributed by atoms with van der Waals surface area (Å²) in [4.78, 5) is 12.3. The summed E-state index contributed by atoms with van der Waals surface area (Å²) in [5.41, 5.74) is 0.772. The number of ketones is 1. The first-order chi connectivity index (χ1) is 11.9. The second-order valence-electron chi connectivity index (χ2n) is 10.4. The largest absolute Gasteiger partial charge is 0.384 e. The van der Waals surface area contributed by atoms with E-state index >= 15 is 0 Å². The van der Waals surface area contributed by atoms with Crippen molar-refractivity contribution in [2.45, 2.75) is 78.6 Å². The van der Waals surface area contributed by atoms with Crippen LogP contribution in [-0.2, 0) is 9.53 Å². The molecule has 142 valence electrons. The number of fused-ring (bicyclic) bond motifs is 5. The van der Waals surface area contributed by atoms with Gasteiger partial charge in [-0.05, 0) is 98.7 Å². The Kier molecular flexibility index (Phi) is 4.58. The van der Waals surface area contributed by atoms with Gasteiger partial charge in [0, 0.05) is 19.6 Å². The SMILES string of the molecule is COCC1CCC[C@H]2CC[C@H]3[C@@H]4CC[C@H](C(C)=O)[C@@]4(C)CC[C@@H]3[C@@]12C. The lowest BCUT2D eigenvalue weighted by Gasteiger charge is -2.62. The molecule has 0 aliphatic heterocycles. The molecule has 0 aromatic heterocycles. The molecule has 4 rings (SSSR count). The van der Waals surface area contributed by atoms with Crippen molar-refractivity contribution >= 4 is 5.78 Å².